The van der Waals surface area contributed by atoms with Gasteiger partial charge in [-0.1, -0.05) is 53.7 Å². The molecule has 2 N–H and O–H groups in total. The van der Waals surface area contributed by atoms with Crippen LogP contribution in [-0.2, 0) is 5.75 Å². The number of nitro groups is 1. The number of hydrogen-bond donors (Lipinski definition) is 2. The molecule has 0 saturated heterocycles. The zero-order valence-corrected chi connectivity index (χ0v) is 21.0. The fourth-order valence-corrected chi connectivity index (χ4v) is 4.64. The lowest BCUT2D eigenvalue weighted by molar-refractivity contribution is -0.384. The summed E-state index contributed by atoms with van der Waals surface area (Å²) >= 11 is 1.58. The minimum Gasteiger partial charge on any atom is -0.328 e. The van der Waals surface area contributed by atoms with E-state index in [1.165, 1.54) is 35.4 Å². The Morgan fingerprint density at radius 2 is 1.72 bits per heavy atom. The molecule has 0 aliphatic rings. The summed E-state index contributed by atoms with van der Waals surface area (Å²) in [7, 11) is 0. The van der Waals surface area contributed by atoms with Gasteiger partial charge < -0.3 is 10.6 Å². The molecule has 1 heterocycles. The molecule has 9 nitrogen and oxygen atoms in total. The zero-order chi connectivity index (χ0) is 25.7. The van der Waals surface area contributed by atoms with E-state index in [2.05, 4.69) is 39.9 Å². The van der Waals surface area contributed by atoms with Crippen LogP contribution in [0.4, 0.5) is 16.2 Å². The summed E-state index contributed by atoms with van der Waals surface area (Å²) in [6.45, 7) is 5.94. The van der Waals surface area contributed by atoms with Gasteiger partial charge in [0.15, 0.2) is 11.0 Å². The van der Waals surface area contributed by atoms with Gasteiger partial charge in [0.05, 0.1) is 11.0 Å². The van der Waals surface area contributed by atoms with Crippen LogP contribution in [0.3, 0.4) is 0 Å². The van der Waals surface area contributed by atoms with Gasteiger partial charge in [0.1, 0.15) is 0 Å². The van der Waals surface area contributed by atoms with E-state index < -0.39 is 17.0 Å². The summed E-state index contributed by atoms with van der Waals surface area (Å²) in [5, 5.41) is 26.0. The first-order valence-electron chi connectivity index (χ1n) is 11.3. The van der Waals surface area contributed by atoms with E-state index in [0.29, 0.717) is 11.5 Å². The molecule has 4 rings (SSSR count). The normalized spacial score (nSPS) is 11.6. The van der Waals surface area contributed by atoms with Gasteiger partial charge in [-0.2, -0.15) is 0 Å². The summed E-state index contributed by atoms with van der Waals surface area (Å²) < 4.78 is 1.96. The molecule has 0 aliphatic carbocycles. The fourth-order valence-electron chi connectivity index (χ4n) is 3.60. The van der Waals surface area contributed by atoms with Crippen molar-refractivity contribution in [2.24, 2.45) is 0 Å². The fraction of sp³-hybridized carbons (Fsp3) is 0.192. The molecule has 0 fully saturated rings. The number of aromatic nitrogens is 3. The molecule has 1 atom stereocenters. The van der Waals surface area contributed by atoms with Gasteiger partial charge in [-0.05, 0) is 56.2 Å². The van der Waals surface area contributed by atoms with Crippen LogP contribution in [-0.4, -0.2) is 25.7 Å². The second kappa shape index (κ2) is 11.0. The monoisotopic (exact) mass is 502 g/mol. The third kappa shape index (κ3) is 5.89. The highest BCUT2D eigenvalue weighted by Crippen LogP contribution is 2.28. The number of thioether (sulfide) groups is 1. The quantitative estimate of drug-likeness (QED) is 0.174. The Morgan fingerprint density at radius 1 is 1.03 bits per heavy atom. The Balaban J connectivity index is 1.54. The van der Waals surface area contributed by atoms with Crippen molar-refractivity contribution < 1.29 is 9.72 Å². The summed E-state index contributed by atoms with van der Waals surface area (Å²) in [4.78, 5) is 23.0. The van der Waals surface area contributed by atoms with E-state index >= 15 is 0 Å². The van der Waals surface area contributed by atoms with Gasteiger partial charge in [0.25, 0.3) is 5.69 Å². The molecule has 0 radical (unpaired) electrons. The van der Waals surface area contributed by atoms with Crippen molar-refractivity contribution in [2.45, 2.75) is 37.7 Å². The predicted molar refractivity (Wildman–Crippen MR) is 141 cm³/mol. The van der Waals surface area contributed by atoms with Crippen LogP contribution >= 0.6 is 11.8 Å². The molecule has 0 bridgehead atoms. The third-order valence-electron chi connectivity index (χ3n) is 5.64. The highest BCUT2D eigenvalue weighted by Gasteiger charge is 2.21. The molecule has 1 unspecified atom stereocenters. The van der Waals surface area contributed by atoms with Gasteiger partial charge >= 0.3 is 6.03 Å². The van der Waals surface area contributed by atoms with Crippen molar-refractivity contribution in [3.8, 4) is 5.69 Å². The maximum Gasteiger partial charge on any atom is 0.319 e. The summed E-state index contributed by atoms with van der Waals surface area (Å²) in [5.41, 5.74) is 4.87. The minimum absolute atomic E-state index is 0.0451. The Bertz CT molecular complexity index is 1370. The van der Waals surface area contributed by atoms with Crippen LogP contribution in [0, 0.1) is 24.0 Å². The number of nitrogens with one attached hydrogen (secondary N) is 2. The molecule has 10 heteroatoms. The minimum atomic E-state index is -0.488. The van der Waals surface area contributed by atoms with Crippen LogP contribution in [0.15, 0.2) is 78.0 Å². The van der Waals surface area contributed by atoms with E-state index in [0.717, 1.165) is 22.2 Å². The molecular weight excluding hydrogens is 476 g/mol. The number of hydrogen-bond acceptors (Lipinski definition) is 6. The predicted octanol–water partition coefficient (Wildman–Crippen LogP) is 5.97. The van der Waals surface area contributed by atoms with E-state index in [1.807, 2.05) is 54.8 Å². The van der Waals surface area contributed by atoms with Crippen LogP contribution < -0.4 is 10.6 Å². The number of urea groups is 1. The largest absolute Gasteiger partial charge is 0.328 e. The number of carbonyl (C=O) groups is 1. The number of benzene rings is 3. The number of non-ortho nitro benzene ring substituents is 1. The number of nitro benzene ring substituents is 1. The average molecular weight is 503 g/mol. The maximum absolute atomic E-state index is 12.6. The van der Waals surface area contributed by atoms with Gasteiger partial charge in [0.2, 0.25) is 0 Å². The summed E-state index contributed by atoms with van der Waals surface area (Å²) in [5.74, 6) is 1.32. The number of carbonyl (C=O) groups excluding carboxylic acids is 1. The van der Waals surface area contributed by atoms with Crippen molar-refractivity contribution in [3.63, 3.8) is 0 Å². The number of aryl methyl sites for hydroxylation is 2. The third-order valence-corrected chi connectivity index (χ3v) is 6.62. The highest BCUT2D eigenvalue weighted by molar-refractivity contribution is 7.98. The Kier molecular flexibility index (Phi) is 7.65. The molecule has 3 aromatic carbocycles. The van der Waals surface area contributed by atoms with Crippen molar-refractivity contribution in [3.05, 3.63) is 105 Å². The molecule has 1 aromatic heterocycles. The lowest BCUT2D eigenvalue weighted by atomic mass is 10.1. The molecule has 2 amide bonds. The van der Waals surface area contributed by atoms with E-state index in [4.69, 9.17) is 0 Å². The van der Waals surface area contributed by atoms with Gasteiger partial charge in [-0.3, -0.25) is 14.7 Å². The van der Waals surface area contributed by atoms with Crippen LogP contribution in [0.25, 0.3) is 5.69 Å². The first-order valence-corrected chi connectivity index (χ1v) is 12.3. The Labute approximate surface area is 213 Å². The molecule has 4 aromatic rings. The standard InChI is InChI=1S/C26H26N6O3S/c1-17-8-12-22(13-9-17)31-24(29-30-26(31)36-16-20-7-5-4-6-18(20)2)19(3)27-25(33)28-21-10-14-23(15-11-21)32(34)35/h4-15,19H,16H2,1-3H3,(H2,27,28,33). The average Bonchev–Trinajstić information content (AvgIpc) is 3.28. The lowest BCUT2D eigenvalue weighted by Crippen LogP contribution is -2.32. The lowest BCUT2D eigenvalue weighted by Gasteiger charge is -2.17. The first kappa shape index (κ1) is 24.9. The highest BCUT2D eigenvalue weighted by atomic mass is 32.2. The van der Waals surface area contributed by atoms with Crippen LogP contribution in [0.2, 0.25) is 0 Å². The second-order valence-electron chi connectivity index (χ2n) is 8.35. The Hall–Kier alpha value is -4.18. The summed E-state index contributed by atoms with van der Waals surface area (Å²) in [6.07, 6.45) is 0. The topological polar surface area (TPSA) is 115 Å². The zero-order valence-electron chi connectivity index (χ0n) is 20.1. The van der Waals surface area contributed by atoms with Crippen molar-refractivity contribution in [1.29, 1.82) is 0 Å². The maximum atomic E-state index is 12.6. The van der Waals surface area contributed by atoms with E-state index in [-0.39, 0.29) is 5.69 Å². The first-order chi connectivity index (χ1) is 17.3. The van der Waals surface area contributed by atoms with Gasteiger partial charge in [-0.15, -0.1) is 10.2 Å². The van der Waals surface area contributed by atoms with Crippen LogP contribution in [0.5, 0.6) is 0 Å². The van der Waals surface area contributed by atoms with E-state index in [1.54, 1.807) is 11.8 Å². The Morgan fingerprint density at radius 3 is 2.39 bits per heavy atom. The van der Waals surface area contributed by atoms with E-state index in [9.17, 15) is 14.9 Å². The van der Waals surface area contributed by atoms with Gasteiger partial charge in [-0.25, -0.2) is 4.79 Å². The number of anilines is 1. The molecule has 0 saturated carbocycles. The number of nitrogens with zero attached hydrogens (tertiary/aromatic N) is 4. The molecule has 184 valence electrons. The van der Waals surface area contributed by atoms with Crippen molar-refractivity contribution in [1.82, 2.24) is 20.1 Å². The van der Waals surface area contributed by atoms with Crippen molar-refractivity contribution in [2.75, 3.05) is 5.32 Å². The smallest absolute Gasteiger partial charge is 0.319 e. The summed E-state index contributed by atoms with van der Waals surface area (Å²) in [6, 6.07) is 21.0. The molecule has 0 spiro atoms. The number of rotatable bonds is 8. The SMILES string of the molecule is Cc1ccc(-n2c(SCc3ccccc3C)nnc2C(C)NC(=O)Nc2ccc([N+](=O)[O-])cc2)cc1. The molecule has 36 heavy (non-hydrogen) atoms. The second-order valence-corrected chi connectivity index (χ2v) is 9.29. The molecular formula is C26H26N6O3S. The van der Waals surface area contributed by atoms with Crippen LogP contribution in [0.1, 0.15) is 35.5 Å². The number of amides is 2. The van der Waals surface area contributed by atoms with Gasteiger partial charge in [0, 0.05) is 29.3 Å². The molecule has 0 aliphatic heterocycles. The van der Waals surface area contributed by atoms with Crippen molar-refractivity contribution >= 4 is 29.2 Å².